The van der Waals surface area contributed by atoms with Crippen molar-refractivity contribution in [3.8, 4) is 17.0 Å². The Hall–Kier alpha value is -2.47. The van der Waals surface area contributed by atoms with Gasteiger partial charge in [-0.25, -0.2) is 0 Å². The minimum Gasteiger partial charge on any atom is -0.434 e. The first-order valence-corrected chi connectivity index (χ1v) is 12.7. The highest BCUT2D eigenvalue weighted by molar-refractivity contribution is 6.36. The molecule has 2 heterocycles. The molecule has 1 amide bonds. The molecule has 0 atom stereocenters. The average Bonchev–Trinajstić information content (AvgIpc) is 3.15. The van der Waals surface area contributed by atoms with Crippen molar-refractivity contribution in [2.75, 3.05) is 6.54 Å². The Kier molecular flexibility index (Phi) is 8.97. The van der Waals surface area contributed by atoms with Crippen molar-refractivity contribution >= 4 is 17.5 Å². The molecule has 1 aliphatic rings. The Morgan fingerprint density at radius 3 is 2.50 bits per heavy atom. The fraction of sp³-hybridized carbons (Fsp3) is 0.640. The minimum absolute atomic E-state index is 0.00577. The van der Waals surface area contributed by atoms with Crippen LogP contribution in [0.15, 0.2) is 12.3 Å². The number of aryl methyl sites for hydroxylation is 1. The summed E-state index contributed by atoms with van der Waals surface area (Å²) < 4.78 is 72.5. The monoisotopic (exact) mass is 566 g/mol. The van der Waals surface area contributed by atoms with Crippen LogP contribution in [0.2, 0.25) is 5.02 Å². The van der Waals surface area contributed by atoms with Crippen molar-refractivity contribution < 1.29 is 36.6 Å². The van der Waals surface area contributed by atoms with E-state index in [0.29, 0.717) is 18.8 Å². The minimum atomic E-state index is -4.55. The van der Waals surface area contributed by atoms with E-state index in [-0.39, 0.29) is 40.8 Å². The maximum absolute atomic E-state index is 13.4. The summed E-state index contributed by atoms with van der Waals surface area (Å²) in [7, 11) is 0. The number of nitrogens with one attached hydrogen (secondary N) is 1. The summed E-state index contributed by atoms with van der Waals surface area (Å²) in [6.07, 6.45) is -1.31. The molecule has 2 aromatic heterocycles. The Morgan fingerprint density at radius 1 is 1.32 bits per heavy atom. The van der Waals surface area contributed by atoms with Crippen LogP contribution in [0.3, 0.4) is 0 Å². The summed E-state index contributed by atoms with van der Waals surface area (Å²) in [5.41, 5.74) is -3.53. The number of aromatic nitrogens is 3. The molecule has 1 saturated carbocycles. The summed E-state index contributed by atoms with van der Waals surface area (Å²) in [5.74, 6) is -0.618. The zero-order valence-corrected chi connectivity index (χ0v) is 22.4. The van der Waals surface area contributed by atoms with Crippen LogP contribution in [0.25, 0.3) is 11.3 Å². The number of hydrogen-bond donors (Lipinski definition) is 2. The van der Waals surface area contributed by atoms with Gasteiger partial charge in [0.1, 0.15) is 5.75 Å². The Morgan fingerprint density at radius 2 is 1.95 bits per heavy atom. The Balaban J connectivity index is 1.93. The third kappa shape index (κ3) is 6.74. The first-order chi connectivity index (χ1) is 17.6. The molecule has 0 spiro atoms. The van der Waals surface area contributed by atoms with Gasteiger partial charge in [-0.15, -0.1) is 0 Å². The molecular weight excluding hydrogens is 535 g/mol. The molecule has 0 radical (unpaired) electrons. The second kappa shape index (κ2) is 11.3. The van der Waals surface area contributed by atoms with E-state index < -0.39 is 41.9 Å². The first kappa shape index (κ1) is 30.1. The molecular formula is C25H32ClF5N4O3. The van der Waals surface area contributed by atoms with E-state index in [1.807, 2.05) is 0 Å². The molecule has 212 valence electrons. The van der Waals surface area contributed by atoms with Crippen LogP contribution in [-0.4, -0.2) is 50.7 Å². The molecule has 3 rings (SSSR count). The van der Waals surface area contributed by atoms with Crippen LogP contribution in [0.4, 0.5) is 22.0 Å². The van der Waals surface area contributed by atoms with Gasteiger partial charge in [0.05, 0.1) is 27.3 Å². The molecule has 0 aliphatic heterocycles. The van der Waals surface area contributed by atoms with Crippen molar-refractivity contribution in [2.24, 2.45) is 11.3 Å². The molecule has 2 aromatic rings. The lowest BCUT2D eigenvalue weighted by Crippen LogP contribution is -2.45. The largest absolute Gasteiger partial charge is 0.434 e. The highest BCUT2D eigenvalue weighted by atomic mass is 35.5. The molecule has 2 N–H and O–H groups in total. The smallest absolute Gasteiger partial charge is 0.394 e. The number of rotatable bonds is 9. The predicted octanol–water partition coefficient (Wildman–Crippen LogP) is 6.02. The van der Waals surface area contributed by atoms with Crippen LogP contribution in [-0.2, 0) is 13.0 Å². The van der Waals surface area contributed by atoms with Crippen molar-refractivity contribution in [3.05, 3.63) is 28.7 Å². The van der Waals surface area contributed by atoms with Gasteiger partial charge in [-0.3, -0.25) is 14.5 Å². The normalized spacial score (nSPS) is 20.6. The number of nitrogens with zero attached hydrogens (tertiary/aromatic N) is 3. The molecule has 13 heteroatoms. The van der Waals surface area contributed by atoms with Crippen molar-refractivity contribution in [1.82, 2.24) is 20.1 Å². The summed E-state index contributed by atoms with van der Waals surface area (Å²) in [6.45, 7) is 2.64. The van der Waals surface area contributed by atoms with Gasteiger partial charge in [0, 0.05) is 37.5 Å². The third-order valence-electron chi connectivity index (χ3n) is 6.98. The molecule has 0 saturated heterocycles. The van der Waals surface area contributed by atoms with Crippen LogP contribution >= 0.6 is 11.6 Å². The standard InChI is InChI=1S/C25H32ClF5N4O3/c1-5-35-20(18(26)19(34-35)21(36)33-13-24(37)8-6-14(2)7-9-24)16-12-32-15(10-17(16)38-22(27)28)11-23(3,4)25(29,30)31/h10,12,14,22,37H,5-9,11,13H2,1-4H3,(H,33,36). The molecule has 0 bridgehead atoms. The fourth-order valence-corrected chi connectivity index (χ4v) is 4.70. The number of ether oxygens (including phenoxy) is 1. The van der Waals surface area contributed by atoms with E-state index in [2.05, 4.69) is 27.1 Å². The number of carbonyl (C=O) groups is 1. The van der Waals surface area contributed by atoms with Gasteiger partial charge in [0.15, 0.2) is 5.69 Å². The van der Waals surface area contributed by atoms with Crippen molar-refractivity contribution in [2.45, 2.75) is 84.7 Å². The lowest BCUT2D eigenvalue weighted by Gasteiger charge is -2.34. The van der Waals surface area contributed by atoms with Gasteiger partial charge >= 0.3 is 12.8 Å². The molecule has 1 fully saturated rings. The van der Waals surface area contributed by atoms with Gasteiger partial charge in [-0.1, -0.05) is 32.4 Å². The van der Waals surface area contributed by atoms with E-state index in [1.165, 1.54) is 4.68 Å². The zero-order chi connectivity index (χ0) is 28.5. The summed E-state index contributed by atoms with van der Waals surface area (Å²) in [6, 6.07) is 1.01. The van der Waals surface area contributed by atoms with Crippen LogP contribution in [0, 0.1) is 11.3 Å². The number of halogens is 6. The third-order valence-corrected chi connectivity index (χ3v) is 7.33. The van der Waals surface area contributed by atoms with E-state index in [0.717, 1.165) is 39.0 Å². The van der Waals surface area contributed by atoms with E-state index >= 15 is 0 Å². The number of aliphatic hydroxyl groups is 1. The Labute approximate surface area is 222 Å². The molecule has 1 aliphatic carbocycles. The molecule has 38 heavy (non-hydrogen) atoms. The van der Waals surface area contributed by atoms with Gasteiger partial charge < -0.3 is 15.2 Å². The van der Waals surface area contributed by atoms with Crippen LogP contribution in [0.5, 0.6) is 5.75 Å². The van der Waals surface area contributed by atoms with E-state index in [1.54, 1.807) is 6.92 Å². The highest BCUT2D eigenvalue weighted by Crippen LogP contribution is 2.42. The lowest BCUT2D eigenvalue weighted by molar-refractivity contribution is -0.211. The highest BCUT2D eigenvalue weighted by Gasteiger charge is 2.47. The van der Waals surface area contributed by atoms with Gasteiger partial charge in [0.25, 0.3) is 5.91 Å². The molecule has 7 nitrogen and oxygen atoms in total. The molecule has 0 aromatic carbocycles. The van der Waals surface area contributed by atoms with Gasteiger partial charge in [0.2, 0.25) is 0 Å². The number of amides is 1. The number of pyridine rings is 1. The zero-order valence-electron chi connectivity index (χ0n) is 21.6. The summed E-state index contributed by atoms with van der Waals surface area (Å²) >= 11 is 6.50. The molecule has 0 unspecified atom stereocenters. The van der Waals surface area contributed by atoms with E-state index in [9.17, 15) is 31.9 Å². The second-order valence-corrected chi connectivity index (χ2v) is 10.9. The topological polar surface area (TPSA) is 89.3 Å². The maximum Gasteiger partial charge on any atom is 0.394 e. The van der Waals surface area contributed by atoms with Gasteiger partial charge in [-0.05, 0) is 38.5 Å². The van der Waals surface area contributed by atoms with Crippen molar-refractivity contribution in [3.63, 3.8) is 0 Å². The SMILES string of the molecule is CCn1nc(C(=O)NCC2(O)CCC(C)CC2)c(Cl)c1-c1cnc(CC(C)(C)C(F)(F)F)cc1OC(F)F. The fourth-order valence-electron chi connectivity index (χ4n) is 4.37. The second-order valence-electron chi connectivity index (χ2n) is 10.5. The number of alkyl halides is 5. The van der Waals surface area contributed by atoms with Crippen LogP contribution < -0.4 is 10.1 Å². The van der Waals surface area contributed by atoms with E-state index in [4.69, 9.17) is 11.6 Å². The number of carbonyl (C=O) groups excluding carboxylic acids is 1. The van der Waals surface area contributed by atoms with Gasteiger partial charge in [-0.2, -0.15) is 27.1 Å². The Bertz CT molecular complexity index is 1140. The lowest BCUT2D eigenvalue weighted by atomic mass is 9.79. The van der Waals surface area contributed by atoms with Crippen molar-refractivity contribution in [1.29, 1.82) is 0 Å². The average molecular weight is 567 g/mol. The quantitative estimate of drug-likeness (QED) is 0.362. The first-order valence-electron chi connectivity index (χ1n) is 12.3. The number of hydrogen-bond acceptors (Lipinski definition) is 5. The predicted molar refractivity (Wildman–Crippen MR) is 131 cm³/mol. The summed E-state index contributed by atoms with van der Waals surface area (Å²) in [4.78, 5) is 17.0. The summed E-state index contributed by atoms with van der Waals surface area (Å²) in [5, 5.41) is 17.5. The maximum atomic E-state index is 13.4. The van der Waals surface area contributed by atoms with Crippen LogP contribution in [0.1, 0.15) is 69.6 Å².